The van der Waals surface area contributed by atoms with E-state index in [0.29, 0.717) is 24.4 Å². The van der Waals surface area contributed by atoms with Gasteiger partial charge in [0, 0.05) is 28.8 Å². The molecule has 1 unspecified atom stereocenters. The van der Waals surface area contributed by atoms with E-state index in [1.165, 1.54) is 13.3 Å². The average molecular weight is 420 g/mol. The third-order valence-corrected chi connectivity index (χ3v) is 4.57. The highest BCUT2D eigenvalue weighted by molar-refractivity contribution is 9.10. The molecule has 3 rings (SSSR count). The number of nitrogens with zero attached hydrogens (tertiary/aromatic N) is 3. The number of amides is 2. The molecule has 1 saturated heterocycles. The average Bonchev–Trinajstić information content (AvgIpc) is 3.16. The Morgan fingerprint density at radius 1 is 1.27 bits per heavy atom. The van der Waals surface area contributed by atoms with E-state index in [0.717, 1.165) is 10.9 Å². The SMILES string of the molecule is COc1ccnc(NNC(=O)C2CCCN2C(=O)c2ccc(Br)cc2)n1. The summed E-state index contributed by atoms with van der Waals surface area (Å²) in [6.07, 6.45) is 2.89. The van der Waals surface area contributed by atoms with Gasteiger partial charge in [0.05, 0.1) is 7.11 Å². The van der Waals surface area contributed by atoms with Crippen LogP contribution in [0.4, 0.5) is 5.95 Å². The number of methoxy groups -OCH3 is 1. The van der Waals surface area contributed by atoms with Crippen LogP contribution in [-0.2, 0) is 4.79 Å². The fourth-order valence-corrected chi connectivity index (χ4v) is 3.02. The molecule has 0 radical (unpaired) electrons. The third kappa shape index (κ3) is 4.10. The van der Waals surface area contributed by atoms with Crippen LogP contribution in [-0.4, -0.2) is 46.4 Å². The Labute approximate surface area is 159 Å². The minimum absolute atomic E-state index is 0.159. The molecular weight excluding hydrogens is 402 g/mol. The van der Waals surface area contributed by atoms with Crippen LogP contribution in [0.5, 0.6) is 5.88 Å². The van der Waals surface area contributed by atoms with E-state index in [-0.39, 0.29) is 17.8 Å². The Morgan fingerprint density at radius 2 is 2.04 bits per heavy atom. The van der Waals surface area contributed by atoms with Gasteiger partial charge in [0.25, 0.3) is 11.8 Å². The van der Waals surface area contributed by atoms with Gasteiger partial charge in [-0.25, -0.2) is 4.98 Å². The van der Waals surface area contributed by atoms with E-state index in [1.54, 1.807) is 35.2 Å². The van der Waals surface area contributed by atoms with Gasteiger partial charge in [-0.15, -0.1) is 0 Å². The van der Waals surface area contributed by atoms with Crippen LogP contribution in [0.25, 0.3) is 0 Å². The maximum absolute atomic E-state index is 12.7. The minimum Gasteiger partial charge on any atom is -0.481 e. The second-order valence-electron chi connectivity index (χ2n) is 5.70. The molecule has 1 aliphatic rings. The largest absolute Gasteiger partial charge is 0.481 e. The number of hydrogen-bond donors (Lipinski definition) is 2. The molecule has 1 aromatic heterocycles. The van der Waals surface area contributed by atoms with E-state index in [2.05, 4.69) is 36.7 Å². The number of benzene rings is 1. The predicted octanol–water partition coefficient (Wildman–Crippen LogP) is 2.00. The highest BCUT2D eigenvalue weighted by Gasteiger charge is 2.34. The summed E-state index contributed by atoms with van der Waals surface area (Å²) >= 11 is 3.35. The standard InChI is InChI=1S/C17H18BrN5O3/c1-26-14-8-9-19-17(20-14)22-21-15(24)13-3-2-10-23(13)16(25)11-4-6-12(18)7-5-11/h4-9,13H,2-3,10H2,1H3,(H,21,24)(H,19,20,22). The maximum Gasteiger partial charge on any atom is 0.261 e. The Hall–Kier alpha value is -2.68. The molecule has 1 aliphatic heterocycles. The Morgan fingerprint density at radius 3 is 2.77 bits per heavy atom. The number of carbonyl (C=O) groups excluding carboxylic acids is 2. The second kappa shape index (κ2) is 8.13. The van der Waals surface area contributed by atoms with E-state index >= 15 is 0 Å². The van der Waals surface area contributed by atoms with Crippen LogP contribution in [0, 0.1) is 0 Å². The van der Waals surface area contributed by atoms with Gasteiger partial charge in [-0.1, -0.05) is 15.9 Å². The lowest BCUT2D eigenvalue weighted by molar-refractivity contribution is -0.124. The Balaban J connectivity index is 1.64. The summed E-state index contributed by atoms with van der Waals surface area (Å²) in [4.78, 5) is 34.9. The number of hydrazine groups is 1. The van der Waals surface area contributed by atoms with Gasteiger partial charge in [-0.05, 0) is 37.1 Å². The molecule has 9 heteroatoms. The first-order valence-electron chi connectivity index (χ1n) is 8.08. The van der Waals surface area contributed by atoms with Gasteiger partial charge in [0.1, 0.15) is 6.04 Å². The molecule has 2 aromatic rings. The number of aromatic nitrogens is 2. The van der Waals surface area contributed by atoms with E-state index < -0.39 is 6.04 Å². The lowest BCUT2D eigenvalue weighted by Gasteiger charge is -2.24. The van der Waals surface area contributed by atoms with E-state index in [4.69, 9.17) is 4.74 Å². The van der Waals surface area contributed by atoms with Crippen molar-refractivity contribution in [3.05, 3.63) is 46.6 Å². The molecular formula is C17H18BrN5O3. The van der Waals surface area contributed by atoms with E-state index in [1.807, 2.05) is 0 Å². The smallest absolute Gasteiger partial charge is 0.261 e. The molecule has 1 aromatic carbocycles. The summed E-state index contributed by atoms with van der Waals surface area (Å²) in [6, 6.07) is 8.15. The number of hydrogen-bond acceptors (Lipinski definition) is 6. The highest BCUT2D eigenvalue weighted by atomic mass is 79.9. The van der Waals surface area contributed by atoms with Crippen LogP contribution in [0.1, 0.15) is 23.2 Å². The molecule has 1 atom stereocenters. The number of carbonyl (C=O) groups is 2. The lowest BCUT2D eigenvalue weighted by atomic mass is 10.1. The molecule has 8 nitrogen and oxygen atoms in total. The number of halogens is 1. The number of nitrogens with one attached hydrogen (secondary N) is 2. The number of ether oxygens (including phenoxy) is 1. The monoisotopic (exact) mass is 419 g/mol. The first-order chi connectivity index (χ1) is 12.6. The summed E-state index contributed by atoms with van der Waals surface area (Å²) in [5, 5.41) is 0. The zero-order chi connectivity index (χ0) is 18.5. The molecule has 2 heterocycles. The molecule has 0 aliphatic carbocycles. The number of likely N-dealkylation sites (tertiary alicyclic amines) is 1. The van der Waals surface area contributed by atoms with Crippen LogP contribution in [0.2, 0.25) is 0 Å². The Bertz CT molecular complexity index is 799. The first kappa shape index (κ1) is 18.1. The van der Waals surface area contributed by atoms with Crippen LogP contribution in [0.3, 0.4) is 0 Å². The van der Waals surface area contributed by atoms with Crippen molar-refractivity contribution in [1.29, 1.82) is 0 Å². The molecule has 2 N–H and O–H groups in total. The normalized spacial score (nSPS) is 16.2. The van der Waals surface area contributed by atoms with Crippen molar-refractivity contribution in [2.45, 2.75) is 18.9 Å². The molecule has 0 bridgehead atoms. The van der Waals surface area contributed by atoms with Crippen molar-refractivity contribution < 1.29 is 14.3 Å². The van der Waals surface area contributed by atoms with Crippen molar-refractivity contribution >= 4 is 33.7 Å². The van der Waals surface area contributed by atoms with Gasteiger partial charge in [0.15, 0.2) is 0 Å². The Kier molecular flexibility index (Phi) is 5.67. The minimum atomic E-state index is -0.538. The number of anilines is 1. The van der Waals surface area contributed by atoms with Gasteiger partial charge in [-0.3, -0.25) is 20.4 Å². The summed E-state index contributed by atoms with van der Waals surface area (Å²) in [6.45, 7) is 0.544. The fourth-order valence-electron chi connectivity index (χ4n) is 2.76. The van der Waals surface area contributed by atoms with Gasteiger partial charge in [0.2, 0.25) is 11.8 Å². The predicted molar refractivity (Wildman–Crippen MR) is 98.5 cm³/mol. The maximum atomic E-state index is 12.7. The summed E-state index contributed by atoms with van der Waals surface area (Å²) in [7, 11) is 1.49. The zero-order valence-corrected chi connectivity index (χ0v) is 15.7. The van der Waals surface area contributed by atoms with Gasteiger partial charge in [-0.2, -0.15) is 4.98 Å². The van der Waals surface area contributed by atoms with Crippen molar-refractivity contribution in [3.63, 3.8) is 0 Å². The summed E-state index contributed by atoms with van der Waals surface area (Å²) < 4.78 is 5.90. The third-order valence-electron chi connectivity index (χ3n) is 4.04. The zero-order valence-electron chi connectivity index (χ0n) is 14.1. The van der Waals surface area contributed by atoms with Crippen LogP contribution in [0.15, 0.2) is 41.0 Å². The molecule has 26 heavy (non-hydrogen) atoms. The summed E-state index contributed by atoms with van der Waals surface area (Å²) in [5.74, 6) is 0.123. The molecule has 2 amide bonds. The van der Waals surface area contributed by atoms with Crippen LogP contribution < -0.4 is 15.6 Å². The van der Waals surface area contributed by atoms with Crippen molar-refractivity contribution in [3.8, 4) is 5.88 Å². The van der Waals surface area contributed by atoms with E-state index in [9.17, 15) is 9.59 Å². The summed E-state index contributed by atoms with van der Waals surface area (Å²) in [5.41, 5.74) is 5.78. The van der Waals surface area contributed by atoms with Crippen LogP contribution >= 0.6 is 15.9 Å². The van der Waals surface area contributed by atoms with Crippen molar-refractivity contribution in [2.75, 3.05) is 19.1 Å². The second-order valence-corrected chi connectivity index (χ2v) is 6.62. The quantitative estimate of drug-likeness (QED) is 0.719. The fraction of sp³-hybridized carbons (Fsp3) is 0.294. The van der Waals surface area contributed by atoms with Crippen molar-refractivity contribution in [2.24, 2.45) is 0 Å². The topological polar surface area (TPSA) is 96.5 Å². The lowest BCUT2D eigenvalue weighted by Crippen LogP contribution is -2.47. The molecule has 136 valence electrons. The first-order valence-corrected chi connectivity index (χ1v) is 8.87. The molecule has 1 fully saturated rings. The highest BCUT2D eigenvalue weighted by Crippen LogP contribution is 2.21. The van der Waals surface area contributed by atoms with Gasteiger partial charge < -0.3 is 9.64 Å². The van der Waals surface area contributed by atoms with Crippen molar-refractivity contribution in [1.82, 2.24) is 20.3 Å². The van der Waals surface area contributed by atoms with Gasteiger partial charge >= 0.3 is 0 Å². The molecule has 0 saturated carbocycles. The number of rotatable bonds is 5. The molecule has 0 spiro atoms.